The fraction of sp³-hybridized carbons (Fsp3) is 0.526. The highest BCUT2D eigenvalue weighted by Crippen LogP contribution is 2.26. The Bertz CT molecular complexity index is 623. The van der Waals surface area contributed by atoms with E-state index in [1.807, 2.05) is 26.0 Å². The van der Waals surface area contributed by atoms with Crippen LogP contribution in [0.15, 0.2) is 23.3 Å². The van der Waals surface area contributed by atoms with Gasteiger partial charge in [0.05, 0.1) is 12.5 Å². The van der Waals surface area contributed by atoms with E-state index in [4.69, 9.17) is 4.74 Å². The molecule has 0 heterocycles. The average molecular weight is 332 g/mol. The molecule has 5 nitrogen and oxygen atoms in total. The lowest BCUT2D eigenvalue weighted by molar-refractivity contribution is -0.135. The number of amides is 1. The molecule has 0 aliphatic carbocycles. The summed E-state index contributed by atoms with van der Waals surface area (Å²) >= 11 is 0. The maximum absolute atomic E-state index is 12.8. The highest BCUT2D eigenvalue weighted by Gasteiger charge is 2.25. The first kappa shape index (κ1) is 19.9. The number of benzene rings is 1. The van der Waals surface area contributed by atoms with Gasteiger partial charge in [0, 0.05) is 7.05 Å². The number of likely N-dealkylation sites (N-methyl/N-ethyl adjacent to an activating group) is 1. The molecule has 0 saturated carbocycles. The second-order valence-electron chi connectivity index (χ2n) is 5.78. The molecule has 0 aromatic heterocycles. The molecule has 1 atom stereocenters. The van der Waals surface area contributed by atoms with Crippen molar-refractivity contribution in [2.24, 2.45) is 5.10 Å². The van der Waals surface area contributed by atoms with Crippen LogP contribution in [0, 0.1) is 6.92 Å². The molecule has 0 aliphatic rings. The van der Waals surface area contributed by atoms with Crippen LogP contribution in [0.3, 0.4) is 0 Å². The monoisotopic (exact) mass is 332 g/mol. The molecule has 1 aromatic carbocycles. The van der Waals surface area contributed by atoms with Crippen LogP contribution in [0.2, 0.25) is 0 Å². The first-order valence-corrected chi connectivity index (χ1v) is 8.44. The summed E-state index contributed by atoms with van der Waals surface area (Å²) in [5.41, 5.74) is 3.56. The minimum atomic E-state index is -0.505. The van der Waals surface area contributed by atoms with Gasteiger partial charge >= 0.3 is 5.97 Å². The lowest BCUT2D eigenvalue weighted by Gasteiger charge is -2.22. The predicted octanol–water partition coefficient (Wildman–Crippen LogP) is 3.45. The zero-order valence-corrected chi connectivity index (χ0v) is 15.5. The molecular formula is C19H28N2O3. The first-order chi connectivity index (χ1) is 11.3. The maximum atomic E-state index is 12.8. The Morgan fingerprint density at radius 1 is 1.25 bits per heavy atom. The molecule has 0 saturated heterocycles. The van der Waals surface area contributed by atoms with Crippen molar-refractivity contribution < 1.29 is 14.3 Å². The van der Waals surface area contributed by atoms with Crippen LogP contribution in [-0.2, 0) is 20.7 Å². The highest BCUT2D eigenvalue weighted by atomic mass is 16.5. The van der Waals surface area contributed by atoms with Crippen LogP contribution >= 0.6 is 0 Å². The van der Waals surface area contributed by atoms with Gasteiger partial charge in [-0.2, -0.15) is 5.10 Å². The van der Waals surface area contributed by atoms with E-state index in [2.05, 4.69) is 18.1 Å². The minimum absolute atomic E-state index is 0.125. The smallest absolute Gasteiger partial charge is 0.354 e. The van der Waals surface area contributed by atoms with Gasteiger partial charge in [0.1, 0.15) is 5.71 Å². The molecule has 0 radical (unpaired) electrons. The molecule has 0 bridgehead atoms. The minimum Gasteiger partial charge on any atom is -0.461 e. The zero-order chi connectivity index (χ0) is 18.3. The summed E-state index contributed by atoms with van der Waals surface area (Å²) in [6.45, 7) is 9.68. The fourth-order valence-corrected chi connectivity index (χ4v) is 2.68. The zero-order valence-electron chi connectivity index (χ0n) is 15.5. The molecule has 5 heteroatoms. The number of carbonyl (C=O) groups excluding carboxylic acids is 2. The number of ether oxygens (including phenoxy) is 1. The number of aryl methyl sites for hydroxylation is 2. The molecular weight excluding hydrogens is 304 g/mol. The number of esters is 1. The molecule has 132 valence electrons. The Hall–Kier alpha value is -2.17. The van der Waals surface area contributed by atoms with Crippen molar-refractivity contribution in [1.29, 1.82) is 0 Å². The second-order valence-corrected chi connectivity index (χ2v) is 5.78. The van der Waals surface area contributed by atoms with Gasteiger partial charge < -0.3 is 4.74 Å². The van der Waals surface area contributed by atoms with Gasteiger partial charge in [-0.1, -0.05) is 37.6 Å². The van der Waals surface area contributed by atoms with Crippen molar-refractivity contribution in [3.8, 4) is 0 Å². The van der Waals surface area contributed by atoms with Crippen LogP contribution in [0.25, 0.3) is 0 Å². The predicted molar refractivity (Wildman–Crippen MR) is 96.1 cm³/mol. The van der Waals surface area contributed by atoms with Gasteiger partial charge in [-0.3, -0.25) is 4.79 Å². The number of hydrogen-bond acceptors (Lipinski definition) is 4. The summed E-state index contributed by atoms with van der Waals surface area (Å²) in [4.78, 5) is 24.5. The lowest BCUT2D eigenvalue weighted by Crippen LogP contribution is -2.30. The van der Waals surface area contributed by atoms with Crippen molar-refractivity contribution >= 4 is 17.6 Å². The quantitative estimate of drug-likeness (QED) is 0.436. The standard InChI is InChI=1S/C19H28N2O3/c1-7-15-12-13(4)10-11-17(15)16(8-2)18(22)21(6)20-14(5)19(23)24-9-3/h10-12,16H,7-9H2,1-6H3. The number of hydrazone groups is 1. The van der Waals surface area contributed by atoms with Crippen molar-refractivity contribution in [3.05, 3.63) is 34.9 Å². The largest absolute Gasteiger partial charge is 0.461 e. The third-order valence-corrected chi connectivity index (χ3v) is 3.95. The van der Waals surface area contributed by atoms with Crippen molar-refractivity contribution in [2.45, 2.75) is 53.4 Å². The molecule has 0 spiro atoms. The summed E-state index contributed by atoms with van der Waals surface area (Å²) in [7, 11) is 1.58. The van der Waals surface area contributed by atoms with E-state index < -0.39 is 5.97 Å². The molecule has 0 fully saturated rings. The summed E-state index contributed by atoms with van der Waals surface area (Å²) in [5.74, 6) is -0.904. The summed E-state index contributed by atoms with van der Waals surface area (Å²) < 4.78 is 4.90. The second kappa shape index (κ2) is 9.21. The number of nitrogens with zero attached hydrogens (tertiary/aromatic N) is 2. The van der Waals surface area contributed by atoms with E-state index in [-0.39, 0.29) is 24.1 Å². The Morgan fingerprint density at radius 2 is 1.92 bits per heavy atom. The highest BCUT2D eigenvalue weighted by molar-refractivity contribution is 6.35. The summed E-state index contributed by atoms with van der Waals surface area (Å²) in [6.07, 6.45) is 1.54. The van der Waals surface area contributed by atoms with Crippen LogP contribution in [0.4, 0.5) is 0 Å². The first-order valence-electron chi connectivity index (χ1n) is 8.44. The number of rotatable bonds is 7. The normalized spacial score (nSPS) is 12.7. The third-order valence-electron chi connectivity index (χ3n) is 3.95. The van der Waals surface area contributed by atoms with E-state index in [1.54, 1.807) is 20.9 Å². The van der Waals surface area contributed by atoms with E-state index in [1.165, 1.54) is 16.1 Å². The SMILES string of the molecule is CCOC(=O)C(C)=NN(C)C(=O)C(CC)c1ccc(C)cc1CC. The Labute approximate surface area is 144 Å². The van der Waals surface area contributed by atoms with Gasteiger partial charge in [-0.05, 0) is 44.7 Å². The Balaban J connectivity index is 3.06. The van der Waals surface area contributed by atoms with Crippen molar-refractivity contribution in [2.75, 3.05) is 13.7 Å². The maximum Gasteiger partial charge on any atom is 0.354 e. The number of hydrogen-bond donors (Lipinski definition) is 0. The Kier molecular flexibility index (Phi) is 7.62. The molecule has 24 heavy (non-hydrogen) atoms. The van der Waals surface area contributed by atoms with Crippen LogP contribution in [0.1, 0.15) is 56.7 Å². The third kappa shape index (κ3) is 4.91. The topological polar surface area (TPSA) is 59.0 Å². The van der Waals surface area contributed by atoms with Crippen molar-refractivity contribution in [1.82, 2.24) is 5.01 Å². The number of carbonyl (C=O) groups is 2. The van der Waals surface area contributed by atoms with E-state index in [9.17, 15) is 9.59 Å². The van der Waals surface area contributed by atoms with Gasteiger partial charge in [0.15, 0.2) is 0 Å². The van der Waals surface area contributed by atoms with E-state index in [0.29, 0.717) is 6.42 Å². The van der Waals surface area contributed by atoms with Gasteiger partial charge in [0.25, 0.3) is 0 Å². The average Bonchev–Trinajstić information content (AvgIpc) is 2.56. The van der Waals surface area contributed by atoms with Gasteiger partial charge in [-0.15, -0.1) is 0 Å². The summed E-state index contributed by atoms with van der Waals surface area (Å²) in [6, 6.07) is 6.17. The molecule has 1 rings (SSSR count). The van der Waals surface area contributed by atoms with Gasteiger partial charge in [-0.25, -0.2) is 9.80 Å². The van der Waals surface area contributed by atoms with Crippen LogP contribution < -0.4 is 0 Å². The summed E-state index contributed by atoms with van der Waals surface area (Å²) in [5, 5.41) is 5.34. The fourth-order valence-electron chi connectivity index (χ4n) is 2.68. The van der Waals surface area contributed by atoms with Crippen LogP contribution in [0.5, 0.6) is 0 Å². The molecule has 1 aromatic rings. The Morgan fingerprint density at radius 3 is 2.46 bits per heavy atom. The van der Waals surface area contributed by atoms with Gasteiger partial charge in [0.2, 0.25) is 5.91 Å². The van der Waals surface area contributed by atoms with E-state index in [0.717, 1.165) is 12.0 Å². The van der Waals surface area contributed by atoms with Crippen LogP contribution in [-0.4, -0.2) is 36.3 Å². The van der Waals surface area contributed by atoms with E-state index >= 15 is 0 Å². The molecule has 0 aliphatic heterocycles. The molecule has 1 unspecified atom stereocenters. The molecule has 1 amide bonds. The molecule has 0 N–H and O–H groups in total. The van der Waals surface area contributed by atoms with Crippen molar-refractivity contribution in [3.63, 3.8) is 0 Å². The lowest BCUT2D eigenvalue weighted by atomic mass is 9.89.